The summed E-state index contributed by atoms with van der Waals surface area (Å²) in [6.07, 6.45) is 1.51. The number of anilines is 1. The number of carbonyl (C=O) groups is 3. The topological polar surface area (TPSA) is 89.9 Å². The minimum absolute atomic E-state index is 0.0786. The van der Waals surface area contributed by atoms with Gasteiger partial charge in [0.05, 0.1) is 5.69 Å². The van der Waals surface area contributed by atoms with Crippen molar-refractivity contribution >= 4 is 29.6 Å². The van der Waals surface area contributed by atoms with Crippen LogP contribution in [0.5, 0.6) is 11.5 Å². The molecule has 0 atom stereocenters. The number of fused-ring (bicyclic) bond motifs is 1. The molecule has 1 aromatic heterocycles. The van der Waals surface area contributed by atoms with E-state index in [1.165, 1.54) is 12.1 Å². The maximum Gasteiger partial charge on any atom is 0.335 e. The fourth-order valence-electron chi connectivity index (χ4n) is 3.10. The van der Waals surface area contributed by atoms with Gasteiger partial charge in [0.25, 0.3) is 11.8 Å². The summed E-state index contributed by atoms with van der Waals surface area (Å²) in [5.74, 6) is -0.442. The van der Waals surface area contributed by atoms with Crippen molar-refractivity contribution in [3.8, 4) is 11.5 Å². The Labute approximate surface area is 155 Å². The average Bonchev–Trinajstić information content (AvgIpc) is 3.18. The van der Waals surface area contributed by atoms with Crippen LogP contribution in [0.3, 0.4) is 0 Å². The Morgan fingerprint density at radius 2 is 1.81 bits per heavy atom. The summed E-state index contributed by atoms with van der Waals surface area (Å²) in [6.45, 7) is 3.90. The number of nitrogens with zero attached hydrogens (tertiary/aromatic N) is 2. The van der Waals surface area contributed by atoms with Gasteiger partial charge in [-0.3, -0.25) is 14.9 Å². The van der Waals surface area contributed by atoms with E-state index >= 15 is 0 Å². The third-order valence-electron chi connectivity index (χ3n) is 4.83. The second kappa shape index (κ2) is 6.01. The molecule has 4 rings (SSSR count). The number of carbonyl (C=O) groups excluding carboxylic acids is 3. The Balaban J connectivity index is 1.75. The first-order valence-corrected chi connectivity index (χ1v) is 8.31. The van der Waals surface area contributed by atoms with Gasteiger partial charge in [0.15, 0.2) is 11.5 Å². The van der Waals surface area contributed by atoms with Crippen LogP contribution in [0.4, 0.5) is 10.5 Å². The standard InChI is InChI=1S/C19H17N3O5/c1-10-6-12(11(2)21(10)3)7-14-17(23)20-19(25)22(18(14)24)13-4-5-15-16(8-13)27-9-26-15/h4-8H,9H2,1-3H3,(H,20,23,25). The second-order valence-corrected chi connectivity index (χ2v) is 6.38. The zero-order valence-electron chi connectivity index (χ0n) is 15.0. The molecule has 1 saturated heterocycles. The number of hydrogen-bond donors (Lipinski definition) is 1. The molecule has 0 saturated carbocycles. The molecule has 2 aliphatic rings. The van der Waals surface area contributed by atoms with Crippen LogP contribution in [-0.2, 0) is 16.6 Å². The van der Waals surface area contributed by atoms with Gasteiger partial charge in [-0.05, 0) is 43.7 Å². The minimum Gasteiger partial charge on any atom is -0.454 e. The van der Waals surface area contributed by atoms with E-state index in [9.17, 15) is 14.4 Å². The Kier molecular flexibility index (Phi) is 3.76. The lowest BCUT2D eigenvalue weighted by atomic mass is 10.1. The van der Waals surface area contributed by atoms with Crippen LogP contribution in [0.1, 0.15) is 17.0 Å². The van der Waals surface area contributed by atoms with E-state index in [1.54, 1.807) is 12.1 Å². The largest absolute Gasteiger partial charge is 0.454 e. The summed E-state index contributed by atoms with van der Waals surface area (Å²) in [4.78, 5) is 38.5. The lowest BCUT2D eigenvalue weighted by Crippen LogP contribution is -2.54. The molecule has 1 N–H and O–H groups in total. The lowest BCUT2D eigenvalue weighted by Gasteiger charge is -2.26. The third-order valence-corrected chi connectivity index (χ3v) is 4.83. The molecule has 0 bridgehead atoms. The number of amides is 4. The number of urea groups is 1. The number of aryl methyl sites for hydroxylation is 1. The Morgan fingerprint density at radius 1 is 1.07 bits per heavy atom. The van der Waals surface area contributed by atoms with Gasteiger partial charge in [-0.15, -0.1) is 0 Å². The molecule has 8 nitrogen and oxygen atoms in total. The number of aromatic nitrogens is 1. The predicted octanol–water partition coefficient (Wildman–Crippen LogP) is 2.04. The Morgan fingerprint density at radius 3 is 2.52 bits per heavy atom. The molecule has 2 aromatic rings. The molecule has 0 aliphatic carbocycles. The molecule has 138 valence electrons. The fourth-order valence-corrected chi connectivity index (χ4v) is 3.10. The first-order valence-electron chi connectivity index (χ1n) is 8.31. The normalized spacial score (nSPS) is 17.7. The molecule has 3 heterocycles. The molecule has 1 aromatic carbocycles. The van der Waals surface area contributed by atoms with E-state index in [-0.39, 0.29) is 12.4 Å². The SMILES string of the molecule is Cc1cc(C=C2C(=O)NC(=O)N(c3ccc4c(c3)OCO4)C2=O)c(C)n1C. The van der Waals surface area contributed by atoms with Gasteiger partial charge in [-0.2, -0.15) is 0 Å². The summed E-state index contributed by atoms with van der Waals surface area (Å²) >= 11 is 0. The zero-order chi connectivity index (χ0) is 19.3. The maximum absolute atomic E-state index is 13.0. The summed E-state index contributed by atoms with van der Waals surface area (Å²) in [7, 11) is 1.90. The van der Waals surface area contributed by atoms with Crippen molar-refractivity contribution < 1.29 is 23.9 Å². The van der Waals surface area contributed by atoms with Crippen molar-refractivity contribution in [2.45, 2.75) is 13.8 Å². The number of rotatable bonds is 2. The summed E-state index contributed by atoms with van der Waals surface area (Å²) in [5.41, 5.74) is 2.83. The smallest absolute Gasteiger partial charge is 0.335 e. The first kappa shape index (κ1) is 16.9. The van der Waals surface area contributed by atoms with E-state index in [0.717, 1.165) is 21.9 Å². The fraction of sp³-hybridized carbons (Fsp3) is 0.211. The second-order valence-electron chi connectivity index (χ2n) is 6.38. The third kappa shape index (κ3) is 2.66. The van der Waals surface area contributed by atoms with Crippen LogP contribution >= 0.6 is 0 Å². The highest BCUT2D eigenvalue weighted by molar-refractivity contribution is 6.39. The van der Waals surface area contributed by atoms with Gasteiger partial charge in [-0.1, -0.05) is 0 Å². The van der Waals surface area contributed by atoms with Gasteiger partial charge in [0.2, 0.25) is 6.79 Å². The van der Waals surface area contributed by atoms with Crippen LogP contribution < -0.4 is 19.7 Å². The quantitative estimate of drug-likeness (QED) is 0.648. The van der Waals surface area contributed by atoms with Gasteiger partial charge in [-0.25, -0.2) is 9.69 Å². The Hall–Kier alpha value is -3.55. The van der Waals surface area contributed by atoms with Crippen molar-refractivity contribution in [1.29, 1.82) is 0 Å². The van der Waals surface area contributed by atoms with E-state index in [1.807, 2.05) is 31.5 Å². The van der Waals surface area contributed by atoms with Crippen molar-refractivity contribution in [3.05, 3.63) is 46.8 Å². The molecular formula is C19H17N3O5. The van der Waals surface area contributed by atoms with E-state index in [0.29, 0.717) is 17.2 Å². The highest BCUT2D eigenvalue weighted by Crippen LogP contribution is 2.36. The molecule has 8 heteroatoms. The maximum atomic E-state index is 13.0. The first-order chi connectivity index (χ1) is 12.9. The average molecular weight is 367 g/mol. The van der Waals surface area contributed by atoms with E-state index < -0.39 is 17.8 Å². The highest BCUT2D eigenvalue weighted by Gasteiger charge is 2.37. The monoisotopic (exact) mass is 367 g/mol. The van der Waals surface area contributed by atoms with Crippen LogP contribution in [0.15, 0.2) is 29.8 Å². The van der Waals surface area contributed by atoms with Crippen molar-refractivity contribution in [2.75, 3.05) is 11.7 Å². The zero-order valence-corrected chi connectivity index (χ0v) is 15.0. The van der Waals surface area contributed by atoms with Crippen molar-refractivity contribution in [1.82, 2.24) is 9.88 Å². The molecule has 0 spiro atoms. The summed E-state index contributed by atoms with van der Waals surface area (Å²) in [5, 5.41) is 2.22. The molecule has 4 amide bonds. The van der Waals surface area contributed by atoms with E-state index in [4.69, 9.17) is 9.47 Å². The lowest BCUT2D eigenvalue weighted by molar-refractivity contribution is -0.122. The Bertz CT molecular complexity index is 1030. The van der Waals surface area contributed by atoms with Gasteiger partial charge < -0.3 is 14.0 Å². The summed E-state index contributed by atoms with van der Waals surface area (Å²) < 4.78 is 12.5. The van der Waals surface area contributed by atoms with E-state index in [2.05, 4.69) is 5.32 Å². The van der Waals surface area contributed by atoms with Gasteiger partial charge in [0.1, 0.15) is 5.57 Å². The number of ether oxygens (including phenoxy) is 2. The number of barbiturate groups is 1. The van der Waals surface area contributed by atoms with Gasteiger partial charge >= 0.3 is 6.03 Å². The molecule has 1 fully saturated rings. The van der Waals surface area contributed by atoms with Crippen LogP contribution in [0, 0.1) is 13.8 Å². The predicted molar refractivity (Wildman–Crippen MR) is 96.5 cm³/mol. The molecule has 0 unspecified atom stereocenters. The van der Waals surface area contributed by atoms with Crippen LogP contribution in [0.25, 0.3) is 6.08 Å². The minimum atomic E-state index is -0.804. The molecule has 0 radical (unpaired) electrons. The number of imide groups is 2. The van der Waals surface area contributed by atoms with Crippen molar-refractivity contribution in [2.24, 2.45) is 7.05 Å². The van der Waals surface area contributed by atoms with Crippen LogP contribution in [-0.4, -0.2) is 29.2 Å². The molecule has 27 heavy (non-hydrogen) atoms. The van der Waals surface area contributed by atoms with Crippen LogP contribution in [0.2, 0.25) is 0 Å². The van der Waals surface area contributed by atoms with Crippen molar-refractivity contribution in [3.63, 3.8) is 0 Å². The molecule has 2 aliphatic heterocycles. The molecular weight excluding hydrogens is 350 g/mol. The highest BCUT2D eigenvalue weighted by atomic mass is 16.7. The van der Waals surface area contributed by atoms with Gasteiger partial charge in [0, 0.05) is 24.5 Å². The number of benzene rings is 1. The number of nitrogens with one attached hydrogen (secondary N) is 1. The number of hydrogen-bond acceptors (Lipinski definition) is 5. The summed E-state index contributed by atoms with van der Waals surface area (Å²) in [6, 6.07) is 5.79.